The Balaban J connectivity index is 1.43. The molecule has 1 amide bonds. The molecule has 2 aromatic rings. The van der Waals surface area contributed by atoms with Crippen LogP contribution >= 0.6 is 35.0 Å². The van der Waals surface area contributed by atoms with E-state index < -0.39 is 0 Å². The predicted molar refractivity (Wildman–Crippen MR) is 103 cm³/mol. The largest absolute Gasteiger partial charge is 0.486 e. The van der Waals surface area contributed by atoms with E-state index in [9.17, 15) is 4.79 Å². The van der Waals surface area contributed by atoms with Crippen molar-refractivity contribution in [2.24, 2.45) is 0 Å². The van der Waals surface area contributed by atoms with Gasteiger partial charge >= 0.3 is 0 Å². The second-order valence-corrected chi connectivity index (χ2v) is 7.38. The van der Waals surface area contributed by atoms with Gasteiger partial charge in [0.1, 0.15) is 13.2 Å². The van der Waals surface area contributed by atoms with Crippen molar-refractivity contribution in [1.29, 1.82) is 0 Å². The Morgan fingerprint density at radius 2 is 1.84 bits per heavy atom. The lowest BCUT2D eigenvalue weighted by Crippen LogP contribution is -2.16. The number of ether oxygens (including phenoxy) is 2. The summed E-state index contributed by atoms with van der Waals surface area (Å²) in [4.78, 5) is 12.1. The molecule has 2 aromatic carbocycles. The molecule has 0 aromatic heterocycles. The van der Waals surface area contributed by atoms with Crippen molar-refractivity contribution < 1.29 is 14.3 Å². The van der Waals surface area contributed by atoms with Crippen LogP contribution in [0.5, 0.6) is 11.5 Å². The molecule has 0 fully saturated rings. The highest BCUT2D eigenvalue weighted by Crippen LogP contribution is 2.32. The van der Waals surface area contributed by atoms with E-state index in [-0.39, 0.29) is 5.91 Å². The topological polar surface area (TPSA) is 47.6 Å². The smallest absolute Gasteiger partial charge is 0.225 e. The normalized spacial score (nSPS) is 12.7. The molecule has 0 aliphatic carbocycles. The van der Waals surface area contributed by atoms with Crippen LogP contribution in [-0.2, 0) is 10.5 Å². The SMILES string of the molecule is O=C(CCSCc1ccc(Cl)c(Cl)c1)Nc1ccc2c(c1)OCCO2. The van der Waals surface area contributed by atoms with Crippen LogP contribution in [-0.4, -0.2) is 24.9 Å². The molecule has 0 unspecified atom stereocenters. The zero-order valence-corrected chi connectivity index (χ0v) is 15.7. The summed E-state index contributed by atoms with van der Waals surface area (Å²) in [6.45, 7) is 1.07. The van der Waals surface area contributed by atoms with Gasteiger partial charge in [0.15, 0.2) is 11.5 Å². The van der Waals surface area contributed by atoms with E-state index in [1.165, 1.54) is 0 Å². The molecule has 3 rings (SSSR count). The second-order valence-electron chi connectivity index (χ2n) is 5.46. The molecule has 1 aliphatic rings. The van der Waals surface area contributed by atoms with Gasteiger partial charge in [0, 0.05) is 29.7 Å². The number of nitrogens with one attached hydrogen (secondary N) is 1. The summed E-state index contributed by atoms with van der Waals surface area (Å²) in [6, 6.07) is 11.0. The summed E-state index contributed by atoms with van der Waals surface area (Å²) >= 11 is 13.6. The maximum atomic E-state index is 12.1. The van der Waals surface area contributed by atoms with E-state index in [0.717, 1.165) is 17.1 Å². The fourth-order valence-corrected chi connectivity index (χ4v) is 3.54. The van der Waals surface area contributed by atoms with Crippen molar-refractivity contribution in [3.63, 3.8) is 0 Å². The van der Waals surface area contributed by atoms with Gasteiger partial charge in [0.05, 0.1) is 10.0 Å². The zero-order valence-electron chi connectivity index (χ0n) is 13.4. The lowest BCUT2D eigenvalue weighted by Gasteiger charge is -2.19. The number of carbonyl (C=O) groups excluding carboxylic acids is 1. The minimum absolute atomic E-state index is 0.0293. The number of thioether (sulfide) groups is 1. The molecule has 0 atom stereocenters. The highest BCUT2D eigenvalue weighted by Gasteiger charge is 2.12. The van der Waals surface area contributed by atoms with Crippen LogP contribution in [0.1, 0.15) is 12.0 Å². The third kappa shape index (κ3) is 5.21. The average molecular weight is 398 g/mol. The molecule has 0 bridgehead atoms. The van der Waals surface area contributed by atoms with Gasteiger partial charge in [-0.3, -0.25) is 4.79 Å². The molecule has 0 radical (unpaired) electrons. The second kappa shape index (κ2) is 8.70. The van der Waals surface area contributed by atoms with Gasteiger partial charge < -0.3 is 14.8 Å². The highest BCUT2D eigenvalue weighted by atomic mass is 35.5. The van der Waals surface area contributed by atoms with Gasteiger partial charge in [-0.1, -0.05) is 29.3 Å². The van der Waals surface area contributed by atoms with Gasteiger partial charge in [-0.25, -0.2) is 0 Å². The van der Waals surface area contributed by atoms with E-state index in [2.05, 4.69) is 5.32 Å². The summed E-state index contributed by atoms with van der Waals surface area (Å²) < 4.78 is 11.0. The molecule has 0 saturated heterocycles. The van der Waals surface area contributed by atoms with Crippen molar-refractivity contribution >= 4 is 46.6 Å². The summed E-state index contributed by atoms with van der Waals surface area (Å²) in [6.07, 6.45) is 0.431. The van der Waals surface area contributed by atoms with Crippen LogP contribution in [0, 0.1) is 0 Å². The molecule has 132 valence electrons. The number of fused-ring (bicyclic) bond motifs is 1. The van der Waals surface area contributed by atoms with Gasteiger partial charge in [-0.15, -0.1) is 0 Å². The van der Waals surface area contributed by atoms with Crippen molar-refractivity contribution in [3.8, 4) is 11.5 Å². The lowest BCUT2D eigenvalue weighted by atomic mass is 10.2. The molecular weight excluding hydrogens is 381 g/mol. The first-order valence-corrected chi connectivity index (χ1v) is 9.74. The first-order chi connectivity index (χ1) is 12.1. The first-order valence-electron chi connectivity index (χ1n) is 7.83. The monoisotopic (exact) mass is 397 g/mol. The van der Waals surface area contributed by atoms with Gasteiger partial charge in [0.25, 0.3) is 0 Å². The zero-order chi connectivity index (χ0) is 17.6. The van der Waals surface area contributed by atoms with E-state index in [4.69, 9.17) is 32.7 Å². The molecule has 25 heavy (non-hydrogen) atoms. The predicted octanol–water partition coefficient (Wildman–Crippen LogP) is 5.03. The van der Waals surface area contributed by atoms with E-state index in [0.29, 0.717) is 46.9 Å². The first kappa shape index (κ1) is 18.2. The molecule has 1 heterocycles. The Kier molecular flexibility index (Phi) is 6.34. The van der Waals surface area contributed by atoms with Crippen LogP contribution in [0.4, 0.5) is 5.69 Å². The number of amides is 1. The minimum Gasteiger partial charge on any atom is -0.486 e. The van der Waals surface area contributed by atoms with Crippen LogP contribution in [0.3, 0.4) is 0 Å². The maximum Gasteiger partial charge on any atom is 0.225 e. The summed E-state index contributed by atoms with van der Waals surface area (Å²) in [5, 5.41) is 3.98. The number of carbonyl (C=O) groups is 1. The van der Waals surface area contributed by atoms with Crippen LogP contribution in [0.2, 0.25) is 10.0 Å². The third-order valence-electron chi connectivity index (χ3n) is 3.55. The molecular formula is C18H17Cl2NO3S. The number of rotatable bonds is 6. The Labute approximate surface area is 160 Å². The number of halogens is 2. The molecule has 7 heteroatoms. The minimum atomic E-state index is -0.0293. The van der Waals surface area contributed by atoms with E-state index >= 15 is 0 Å². The molecule has 1 N–H and O–H groups in total. The summed E-state index contributed by atoms with van der Waals surface area (Å²) in [7, 11) is 0. The van der Waals surface area contributed by atoms with Crippen LogP contribution < -0.4 is 14.8 Å². The van der Waals surface area contributed by atoms with Crippen molar-refractivity contribution in [3.05, 3.63) is 52.0 Å². The van der Waals surface area contributed by atoms with Gasteiger partial charge in [-0.05, 0) is 29.8 Å². The quantitative estimate of drug-likeness (QED) is 0.694. The van der Waals surface area contributed by atoms with Gasteiger partial charge in [-0.2, -0.15) is 11.8 Å². The fourth-order valence-electron chi connectivity index (χ4n) is 2.33. The Hall–Kier alpha value is -1.56. The number of hydrogen-bond donors (Lipinski definition) is 1. The number of hydrogen-bond acceptors (Lipinski definition) is 4. The van der Waals surface area contributed by atoms with Crippen LogP contribution in [0.25, 0.3) is 0 Å². The number of anilines is 1. The molecule has 1 aliphatic heterocycles. The maximum absolute atomic E-state index is 12.1. The summed E-state index contributed by atoms with van der Waals surface area (Å²) in [5.74, 6) is 2.85. The number of benzene rings is 2. The Bertz CT molecular complexity index is 770. The molecule has 0 saturated carbocycles. The van der Waals surface area contributed by atoms with Crippen molar-refractivity contribution in [2.45, 2.75) is 12.2 Å². The van der Waals surface area contributed by atoms with E-state index in [1.54, 1.807) is 23.9 Å². The van der Waals surface area contributed by atoms with Crippen molar-refractivity contribution in [1.82, 2.24) is 0 Å². The molecule has 0 spiro atoms. The molecule has 4 nitrogen and oxygen atoms in total. The summed E-state index contributed by atoms with van der Waals surface area (Å²) in [5.41, 5.74) is 1.80. The average Bonchev–Trinajstić information content (AvgIpc) is 2.61. The Morgan fingerprint density at radius 1 is 1.04 bits per heavy atom. The van der Waals surface area contributed by atoms with Crippen molar-refractivity contribution in [2.75, 3.05) is 24.3 Å². The van der Waals surface area contributed by atoms with E-state index in [1.807, 2.05) is 24.3 Å². The lowest BCUT2D eigenvalue weighted by molar-refractivity contribution is -0.115. The van der Waals surface area contributed by atoms with Gasteiger partial charge in [0.2, 0.25) is 5.91 Å². The standard InChI is InChI=1S/C18H17Cl2NO3S/c19-14-3-1-12(9-15(14)20)11-25-8-5-18(22)21-13-2-4-16-17(10-13)24-7-6-23-16/h1-4,9-10H,5-8,11H2,(H,21,22). The Morgan fingerprint density at radius 3 is 2.64 bits per heavy atom. The fraction of sp³-hybridized carbons (Fsp3) is 0.278. The highest BCUT2D eigenvalue weighted by molar-refractivity contribution is 7.98. The third-order valence-corrected chi connectivity index (χ3v) is 5.32. The van der Waals surface area contributed by atoms with Crippen LogP contribution in [0.15, 0.2) is 36.4 Å².